The Morgan fingerprint density at radius 2 is 2.10 bits per heavy atom. The van der Waals surface area contributed by atoms with Crippen molar-refractivity contribution in [3.63, 3.8) is 0 Å². The van der Waals surface area contributed by atoms with E-state index in [4.69, 9.17) is 21.9 Å². The first-order valence-electron chi connectivity index (χ1n) is 13.4. The molecule has 0 saturated heterocycles. The molecule has 0 spiro atoms. The quantitative estimate of drug-likeness (QED) is 0.263. The Morgan fingerprint density at radius 3 is 2.82 bits per heavy atom. The van der Waals surface area contributed by atoms with Gasteiger partial charge in [-0.3, -0.25) is 4.79 Å². The number of fused-ring (bicyclic) bond motifs is 5. The van der Waals surface area contributed by atoms with Gasteiger partial charge in [-0.05, 0) is 61.3 Å². The number of aromatic nitrogens is 2. The van der Waals surface area contributed by atoms with Crippen molar-refractivity contribution in [1.29, 1.82) is 0 Å². The van der Waals surface area contributed by atoms with Gasteiger partial charge in [0.15, 0.2) is 5.60 Å². The normalized spacial score (nSPS) is 26.1. The minimum Gasteiger partial charge on any atom is -0.458 e. The molecule has 8 nitrogen and oxygen atoms in total. The van der Waals surface area contributed by atoms with E-state index in [1.807, 2.05) is 0 Å². The predicted molar refractivity (Wildman–Crippen MR) is 145 cm³/mol. The van der Waals surface area contributed by atoms with Crippen LogP contribution in [0.4, 0.5) is 4.39 Å². The van der Waals surface area contributed by atoms with E-state index in [0.717, 1.165) is 28.5 Å². The molecule has 3 N–H and O–H groups in total. The highest BCUT2D eigenvalue weighted by molar-refractivity contribution is 7.80. The number of esters is 1. The molecule has 4 heterocycles. The van der Waals surface area contributed by atoms with Crippen LogP contribution >= 0.6 is 12.2 Å². The summed E-state index contributed by atoms with van der Waals surface area (Å²) in [6.07, 6.45) is 2.26. The molecule has 2 aliphatic heterocycles. The van der Waals surface area contributed by atoms with Crippen molar-refractivity contribution < 1.29 is 24.1 Å². The van der Waals surface area contributed by atoms with Gasteiger partial charge in [-0.2, -0.15) is 0 Å². The van der Waals surface area contributed by atoms with Gasteiger partial charge in [0.25, 0.3) is 5.56 Å². The van der Waals surface area contributed by atoms with Gasteiger partial charge >= 0.3 is 5.97 Å². The fourth-order valence-corrected chi connectivity index (χ4v) is 7.18. The van der Waals surface area contributed by atoms with Crippen molar-refractivity contribution in [2.75, 3.05) is 6.61 Å². The Bertz CT molecular complexity index is 1700. The molecular formula is C29H28FN3O5S. The van der Waals surface area contributed by atoms with E-state index in [1.54, 1.807) is 24.5 Å². The maximum Gasteiger partial charge on any atom is 0.343 e. The Labute approximate surface area is 228 Å². The number of rotatable bonds is 4. The average Bonchev–Trinajstić information content (AvgIpc) is 3.64. The molecule has 1 fully saturated rings. The van der Waals surface area contributed by atoms with Gasteiger partial charge in [-0.1, -0.05) is 19.1 Å². The lowest BCUT2D eigenvalue weighted by Crippen LogP contribution is -2.44. The first-order chi connectivity index (χ1) is 18.7. The number of aliphatic hydroxyl groups excluding tert-OH is 1. The summed E-state index contributed by atoms with van der Waals surface area (Å²) < 4.78 is 21.8. The number of pyridine rings is 2. The van der Waals surface area contributed by atoms with E-state index in [1.165, 1.54) is 6.07 Å². The van der Waals surface area contributed by atoms with Gasteiger partial charge in [0.1, 0.15) is 12.4 Å². The third-order valence-electron chi connectivity index (χ3n) is 9.19. The lowest BCUT2D eigenvalue weighted by Gasteiger charge is -2.31. The number of aliphatic hydroxyl groups is 2. The van der Waals surface area contributed by atoms with Crippen LogP contribution < -0.4 is 10.9 Å². The van der Waals surface area contributed by atoms with Crippen LogP contribution in [0.25, 0.3) is 22.3 Å². The molecule has 7 rings (SSSR count). The standard InChI is InChI=1S/C29H28FN3O5S/c1-3-29(37)18-7-22-25-16(9-33(22)27(35)17(18)11-38-28(29)36)24-20(32-26(39)15-6-13(15)10-34)5-4-14-12(2)19(30)8-21(31-25)23(14)24/h7-8,13,15,20,34,37H,3-6,9-11H2,1-2H3,(H,32,39)/t13?,15?,20-,29-/m0/s1. The summed E-state index contributed by atoms with van der Waals surface area (Å²) in [7, 11) is 0. The SMILES string of the molecule is CC[C@@]1(O)C(=O)OCc2c1cc1n(c2=O)Cc2c-1nc1cc(F)c(C)c3c1c2[C@@H](NC(=S)C1CC1CO)CC3. The summed E-state index contributed by atoms with van der Waals surface area (Å²) in [5.74, 6) is -0.785. The first-order valence-corrected chi connectivity index (χ1v) is 13.8. The molecule has 1 aromatic carbocycles. The fraction of sp³-hybridized carbons (Fsp3) is 0.448. The van der Waals surface area contributed by atoms with Crippen LogP contribution in [-0.2, 0) is 34.7 Å². The molecule has 2 unspecified atom stereocenters. The van der Waals surface area contributed by atoms with Crippen LogP contribution in [0, 0.1) is 24.6 Å². The van der Waals surface area contributed by atoms with Crippen molar-refractivity contribution in [3.8, 4) is 11.4 Å². The second-order valence-electron chi connectivity index (χ2n) is 11.2. The smallest absolute Gasteiger partial charge is 0.343 e. The zero-order chi connectivity index (χ0) is 27.4. The molecule has 4 atom stereocenters. The number of aryl methyl sites for hydroxylation is 1. The van der Waals surface area contributed by atoms with E-state index in [9.17, 15) is 19.8 Å². The van der Waals surface area contributed by atoms with Crippen LogP contribution in [0.1, 0.15) is 65.6 Å². The fourth-order valence-electron chi connectivity index (χ4n) is 6.75. The second-order valence-corrected chi connectivity index (χ2v) is 11.6. The minimum atomic E-state index is -1.92. The summed E-state index contributed by atoms with van der Waals surface area (Å²) in [6, 6.07) is 2.96. The molecule has 3 aromatic rings. The summed E-state index contributed by atoms with van der Waals surface area (Å²) in [6.45, 7) is 3.61. The van der Waals surface area contributed by atoms with Gasteiger partial charge in [-0.15, -0.1) is 0 Å². The van der Waals surface area contributed by atoms with Gasteiger partial charge in [0.2, 0.25) is 0 Å². The first kappa shape index (κ1) is 24.8. The van der Waals surface area contributed by atoms with Crippen molar-refractivity contribution >= 4 is 34.1 Å². The highest BCUT2D eigenvalue weighted by atomic mass is 32.1. The topological polar surface area (TPSA) is 114 Å². The lowest BCUT2D eigenvalue weighted by atomic mass is 9.81. The predicted octanol–water partition coefficient (Wildman–Crippen LogP) is 3.06. The number of hydrogen-bond acceptors (Lipinski definition) is 7. The number of hydrogen-bond donors (Lipinski definition) is 3. The summed E-state index contributed by atoms with van der Waals surface area (Å²) >= 11 is 5.73. The summed E-state index contributed by atoms with van der Waals surface area (Å²) in [5, 5.41) is 25.2. The largest absolute Gasteiger partial charge is 0.458 e. The van der Waals surface area contributed by atoms with Gasteiger partial charge in [0, 0.05) is 35.1 Å². The molecule has 1 saturated carbocycles. The zero-order valence-corrected chi connectivity index (χ0v) is 22.5. The van der Waals surface area contributed by atoms with Crippen LogP contribution in [0.5, 0.6) is 0 Å². The molecule has 0 amide bonds. The van der Waals surface area contributed by atoms with Crippen LogP contribution in [-0.4, -0.2) is 37.3 Å². The maximum absolute atomic E-state index is 15.0. The average molecular weight is 550 g/mol. The van der Waals surface area contributed by atoms with E-state index >= 15 is 4.39 Å². The van der Waals surface area contributed by atoms with Crippen molar-refractivity contribution in [2.24, 2.45) is 11.8 Å². The van der Waals surface area contributed by atoms with E-state index < -0.39 is 11.6 Å². The number of thiocarbonyl (C=S) groups is 1. The zero-order valence-electron chi connectivity index (χ0n) is 21.6. The molecule has 202 valence electrons. The maximum atomic E-state index is 15.0. The third kappa shape index (κ3) is 3.34. The summed E-state index contributed by atoms with van der Waals surface area (Å²) in [4.78, 5) is 31.8. The molecular weight excluding hydrogens is 521 g/mol. The van der Waals surface area contributed by atoms with Crippen molar-refractivity contribution in [1.82, 2.24) is 14.9 Å². The third-order valence-corrected chi connectivity index (χ3v) is 9.61. The van der Waals surface area contributed by atoms with Gasteiger partial charge < -0.3 is 24.8 Å². The highest BCUT2D eigenvalue weighted by Gasteiger charge is 2.46. The molecule has 0 radical (unpaired) electrons. The Balaban J connectivity index is 1.45. The molecule has 2 aromatic heterocycles. The van der Waals surface area contributed by atoms with E-state index in [0.29, 0.717) is 40.3 Å². The molecule has 0 bridgehead atoms. The van der Waals surface area contributed by atoms with Crippen molar-refractivity contribution in [2.45, 2.75) is 64.3 Å². The highest BCUT2D eigenvalue weighted by Crippen LogP contribution is 2.47. The molecule has 4 aliphatic rings. The Hall–Kier alpha value is -3.21. The van der Waals surface area contributed by atoms with E-state index in [-0.39, 0.29) is 66.6 Å². The number of halogens is 1. The number of ether oxygens (including phenoxy) is 1. The molecule has 39 heavy (non-hydrogen) atoms. The van der Waals surface area contributed by atoms with Gasteiger partial charge in [-0.25, -0.2) is 14.2 Å². The monoisotopic (exact) mass is 549 g/mol. The number of nitrogens with zero attached hydrogens (tertiary/aromatic N) is 2. The number of nitrogens with one attached hydrogen (secondary N) is 1. The van der Waals surface area contributed by atoms with Crippen LogP contribution in [0.3, 0.4) is 0 Å². The van der Waals surface area contributed by atoms with Crippen molar-refractivity contribution in [3.05, 3.63) is 61.7 Å². The van der Waals surface area contributed by atoms with Crippen LogP contribution in [0.2, 0.25) is 0 Å². The Kier molecular flexibility index (Phi) is 5.34. The number of carbonyl (C=O) groups is 1. The van der Waals surface area contributed by atoms with Gasteiger partial charge in [0.05, 0.1) is 40.0 Å². The van der Waals surface area contributed by atoms with Crippen LogP contribution in [0.15, 0.2) is 16.9 Å². The lowest BCUT2D eigenvalue weighted by molar-refractivity contribution is -0.172. The Morgan fingerprint density at radius 1 is 1.31 bits per heavy atom. The van der Waals surface area contributed by atoms with E-state index in [2.05, 4.69) is 5.32 Å². The molecule has 10 heteroatoms. The number of cyclic esters (lactones) is 1. The second kappa shape index (κ2) is 8.39. The number of carbonyl (C=O) groups excluding carboxylic acids is 1. The summed E-state index contributed by atoms with van der Waals surface area (Å²) in [5.41, 5.74) is 3.12. The molecule has 2 aliphatic carbocycles. The number of benzene rings is 1. The minimum absolute atomic E-state index is 0.0538.